The number of carbonyl (C=O) groups is 1. The van der Waals surface area contributed by atoms with Crippen LogP contribution in [-0.4, -0.2) is 54.2 Å². The molecule has 0 aromatic heterocycles. The van der Waals surface area contributed by atoms with Crippen LogP contribution < -0.4 is 19.1 Å². The first kappa shape index (κ1) is 18.5. The highest BCUT2D eigenvalue weighted by atomic mass is 32.2. The molecule has 148 valence electrons. The Labute approximate surface area is 158 Å². The lowest BCUT2D eigenvalue weighted by atomic mass is 10.1. The molecular formula is C17H22FN3O5S. The quantitative estimate of drug-likeness (QED) is 0.598. The number of hydrogen-bond acceptors (Lipinski definition) is 6. The van der Waals surface area contributed by atoms with E-state index in [0.717, 1.165) is 36.9 Å². The van der Waals surface area contributed by atoms with Crippen LogP contribution in [-0.2, 0) is 27.1 Å². The average molecular weight is 399 g/mol. The molecule has 0 bridgehead atoms. The van der Waals surface area contributed by atoms with Crippen molar-refractivity contribution in [2.75, 3.05) is 37.2 Å². The number of aromatic hydroxyl groups is 1. The fourth-order valence-corrected chi connectivity index (χ4v) is 4.60. The molecule has 3 atom stereocenters. The highest BCUT2D eigenvalue weighted by Crippen LogP contribution is 2.42. The third-order valence-corrected chi connectivity index (χ3v) is 6.18. The maximum atomic E-state index is 15.0. The standard InChI is InChI=1S/C17H22FN3O5S/c18-16-12-5-11(7-19-3-1-10-2-4-25-9-10)26-14(12)6-13(22)17(16)21-8-15(23)20-27(21)24/h6,10-11,19,22H,1-5,7-9H2,(H,20,23). The van der Waals surface area contributed by atoms with Gasteiger partial charge in [-0.15, -0.1) is 0 Å². The number of benzene rings is 1. The summed E-state index contributed by atoms with van der Waals surface area (Å²) in [7, 11) is 0. The van der Waals surface area contributed by atoms with Crippen LogP contribution in [0.1, 0.15) is 18.4 Å². The molecule has 0 aliphatic carbocycles. The Balaban J connectivity index is 1.39. The Bertz CT molecular complexity index is 771. The summed E-state index contributed by atoms with van der Waals surface area (Å²) in [5.41, 5.74) is 0.0963. The summed E-state index contributed by atoms with van der Waals surface area (Å²) in [5.74, 6) is -0.701. The van der Waals surface area contributed by atoms with Crippen molar-refractivity contribution in [2.24, 2.45) is 5.92 Å². The van der Waals surface area contributed by atoms with Gasteiger partial charge in [0.25, 0.3) is 5.91 Å². The van der Waals surface area contributed by atoms with Gasteiger partial charge in [-0.2, -0.15) is 0 Å². The monoisotopic (exact) mass is 399 g/mol. The summed E-state index contributed by atoms with van der Waals surface area (Å²) in [4.78, 5) is 11.4. The van der Waals surface area contributed by atoms with E-state index in [0.29, 0.717) is 24.4 Å². The summed E-state index contributed by atoms with van der Waals surface area (Å²) in [6, 6.07) is 1.32. The number of nitrogens with one attached hydrogen (secondary N) is 2. The molecule has 2 fully saturated rings. The van der Waals surface area contributed by atoms with E-state index in [1.165, 1.54) is 6.07 Å². The lowest BCUT2D eigenvalue weighted by Gasteiger charge is -2.17. The van der Waals surface area contributed by atoms with Gasteiger partial charge in [-0.1, -0.05) is 0 Å². The lowest BCUT2D eigenvalue weighted by molar-refractivity contribution is -0.117. The number of carbonyl (C=O) groups excluding carboxylic acids is 1. The normalized spacial score (nSPS) is 26.9. The van der Waals surface area contributed by atoms with Crippen molar-refractivity contribution in [1.82, 2.24) is 10.0 Å². The second-order valence-electron chi connectivity index (χ2n) is 7.01. The SMILES string of the molecule is O=C1CN(c2c(O)cc3c(c2F)CC(CNCCC2CCOC2)O3)S(=O)N1. The van der Waals surface area contributed by atoms with Crippen molar-refractivity contribution in [3.05, 3.63) is 17.4 Å². The largest absolute Gasteiger partial charge is 0.505 e. The van der Waals surface area contributed by atoms with E-state index in [9.17, 15) is 18.5 Å². The number of nitrogens with zero attached hydrogens (tertiary/aromatic N) is 1. The molecule has 0 saturated carbocycles. The third kappa shape index (κ3) is 3.74. The van der Waals surface area contributed by atoms with Crippen molar-refractivity contribution < 1.29 is 28.0 Å². The Morgan fingerprint density at radius 1 is 1.48 bits per heavy atom. The Morgan fingerprint density at radius 3 is 3.04 bits per heavy atom. The van der Waals surface area contributed by atoms with Crippen molar-refractivity contribution in [3.63, 3.8) is 0 Å². The number of halogens is 1. The summed E-state index contributed by atoms with van der Waals surface area (Å²) < 4.78 is 41.2. The minimum atomic E-state index is -1.90. The van der Waals surface area contributed by atoms with Gasteiger partial charge in [0.15, 0.2) is 5.82 Å². The fraction of sp³-hybridized carbons (Fsp3) is 0.588. The van der Waals surface area contributed by atoms with Crippen LogP contribution in [0.2, 0.25) is 0 Å². The highest BCUT2D eigenvalue weighted by Gasteiger charge is 2.36. The van der Waals surface area contributed by atoms with Crippen LogP contribution >= 0.6 is 0 Å². The fourth-order valence-electron chi connectivity index (χ4n) is 3.65. The molecule has 27 heavy (non-hydrogen) atoms. The van der Waals surface area contributed by atoms with Gasteiger partial charge in [-0.25, -0.2) is 8.60 Å². The summed E-state index contributed by atoms with van der Waals surface area (Å²) >= 11 is -1.90. The molecule has 1 amide bonds. The van der Waals surface area contributed by atoms with Gasteiger partial charge in [-0.3, -0.25) is 13.8 Å². The van der Waals surface area contributed by atoms with Crippen molar-refractivity contribution in [1.29, 1.82) is 0 Å². The van der Waals surface area contributed by atoms with Crippen LogP contribution in [0, 0.1) is 11.7 Å². The molecule has 3 heterocycles. The molecule has 3 aliphatic heterocycles. The summed E-state index contributed by atoms with van der Waals surface area (Å²) in [6.45, 7) is 2.78. The van der Waals surface area contributed by atoms with Gasteiger partial charge >= 0.3 is 0 Å². The van der Waals surface area contributed by atoms with Gasteiger partial charge in [0, 0.05) is 37.8 Å². The van der Waals surface area contributed by atoms with Crippen LogP contribution in [0.15, 0.2) is 6.07 Å². The Morgan fingerprint density at radius 2 is 2.33 bits per heavy atom. The maximum absolute atomic E-state index is 15.0. The lowest BCUT2D eigenvalue weighted by Crippen LogP contribution is -2.31. The number of phenols is 1. The van der Waals surface area contributed by atoms with Gasteiger partial charge in [0.05, 0.1) is 0 Å². The minimum Gasteiger partial charge on any atom is -0.505 e. The third-order valence-electron chi connectivity index (χ3n) is 5.07. The summed E-state index contributed by atoms with van der Waals surface area (Å²) in [6.07, 6.45) is 2.22. The molecule has 8 nitrogen and oxygen atoms in total. The van der Waals surface area contributed by atoms with Gasteiger partial charge in [0.1, 0.15) is 29.8 Å². The first-order valence-electron chi connectivity index (χ1n) is 9.01. The Kier molecular flexibility index (Phi) is 5.20. The molecule has 4 rings (SSSR count). The second kappa shape index (κ2) is 7.61. The average Bonchev–Trinajstić information content (AvgIpc) is 3.33. The van der Waals surface area contributed by atoms with E-state index in [4.69, 9.17) is 9.47 Å². The van der Waals surface area contributed by atoms with Crippen LogP contribution in [0.4, 0.5) is 10.1 Å². The molecule has 1 aromatic rings. The number of anilines is 1. The van der Waals surface area contributed by atoms with Crippen molar-refractivity contribution in [2.45, 2.75) is 25.4 Å². The predicted molar refractivity (Wildman–Crippen MR) is 96.2 cm³/mol. The zero-order valence-corrected chi connectivity index (χ0v) is 15.5. The number of rotatable bonds is 6. The van der Waals surface area contributed by atoms with E-state index < -0.39 is 28.6 Å². The smallest absolute Gasteiger partial charge is 0.253 e. The number of phenolic OH excluding ortho intramolecular Hbond substituents is 1. The van der Waals surface area contributed by atoms with E-state index >= 15 is 0 Å². The summed E-state index contributed by atoms with van der Waals surface area (Å²) in [5, 5.41) is 13.5. The van der Waals surface area contributed by atoms with E-state index in [2.05, 4.69) is 10.0 Å². The predicted octanol–water partition coefficient (Wildman–Crippen LogP) is 0.366. The molecule has 3 aliphatic rings. The number of amides is 1. The zero-order chi connectivity index (χ0) is 19.0. The molecule has 3 N–H and O–H groups in total. The van der Waals surface area contributed by atoms with Crippen molar-refractivity contribution >= 4 is 22.8 Å². The molecule has 10 heteroatoms. The van der Waals surface area contributed by atoms with Gasteiger partial charge in [-0.05, 0) is 25.3 Å². The first-order valence-corrected chi connectivity index (χ1v) is 10.1. The minimum absolute atomic E-state index is 0.233. The molecule has 2 saturated heterocycles. The topological polar surface area (TPSA) is 100 Å². The van der Waals surface area contributed by atoms with Gasteiger partial charge in [0.2, 0.25) is 11.2 Å². The maximum Gasteiger partial charge on any atom is 0.253 e. The van der Waals surface area contributed by atoms with E-state index in [-0.39, 0.29) is 24.1 Å². The van der Waals surface area contributed by atoms with Crippen LogP contribution in [0.5, 0.6) is 11.5 Å². The molecule has 0 radical (unpaired) electrons. The molecule has 3 unspecified atom stereocenters. The van der Waals surface area contributed by atoms with Crippen molar-refractivity contribution in [3.8, 4) is 11.5 Å². The second-order valence-corrected chi connectivity index (χ2v) is 8.16. The van der Waals surface area contributed by atoms with Crippen LogP contribution in [0.3, 0.4) is 0 Å². The van der Waals surface area contributed by atoms with Gasteiger partial charge < -0.3 is 19.9 Å². The Hall–Kier alpha value is -1.91. The zero-order valence-electron chi connectivity index (χ0n) is 14.7. The van der Waals surface area contributed by atoms with E-state index in [1.54, 1.807) is 0 Å². The number of ether oxygens (including phenoxy) is 2. The first-order chi connectivity index (χ1) is 13.0. The molecular weight excluding hydrogens is 377 g/mol. The highest BCUT2D eigenvalue weighted by molar-refractivity contribution is 7.85. The number of hydrogen-bond donors (Lipinski definition) is 3. The van der Waals surface area contributed by atoms with Crippen LogP contribution in [0.25, 0.3) is 0 Å². The number of fused-ring (bicyclic) bond motifs is 1. The molecule has 1 aromatic carbocycles. The molecule has 0 spiro atoms. The van der Waals surface area contributed by atoms with E-state index in [1.807, 2.05) is 0 Å².